The Hall–Kier alpha value is -2.20. The summed E-state index contributed by atoms with van der Waals surface area (Å²) in [6, 6.07) is 16.5. The fourth-order valence-corrected chi connectivity index (χ4v) is 4.44. The Bertz CT molecular complexity index is 764. The summed E-state index contributed by atoms with van der Waals surface area (Å²) < 4.78 is 14.3. The standard InChI is InChI=1S/C21H23FN2O/c22-19-9-5-4-8-18(19)21-11-10-17(21)14-24(15-21)13-12-23-20(25)16-6-2-1-3-7-16/h1-9,17H,10-15H2,(H,23,25). The predicted molar refractivity (Wildman–Crippen MR) is 96.0 cm³/mol. The van der Waals surface area contributed by atoms with Crippen molar-refractivity contribution in [1.82, 2.24) is 10.2 Å². The third kappa shape index (κ3) is 2.95. The Morgan fingerprint density at radius 1 is 1.16 bits per heavy atom. The molecular weight excluding hydrogens is 315 g/mol. The first-order valence-electron chi connectivity index (χ1n) is 9.00. The van der Waals surface area contributed by atoms with Crippen LogP contribution in [0.25, 0.3) is 0 Å². The Balaban J connectivity index is 1.35. The molecule has 25 heavy (non-hydrogen) atoms. The maximum Gasteiger partial charge on any atom is 0.251 e. The molecular formula is C21H23FN2O. The van der Waals surface area contributed by atoms with Crippen molar-refractivity contribution in [2.75, 3.05) is 26.2 Å². The van der Waals surface area contributed by atoms with E-state index in [1.54, 1.807) is 12.1 Å². The van der Waals surface area contributed by atoms with Crippen LogP contribution in [-0.2, 0) is 5.41 Å². The molecule has 4 heteroatoms. The van der Waals surface area contributed by atoms with Gasteiger partial charge in [0.25, 0.3) is 5.91 Å². The summed E-state index contributed by atoms with van der Waals surface area (Å²) in [5.74, 6) is 0.423. The Kier molecular flexibility index (Phi) is 4.30. The van der Waals surface area contributed by atoms with Crippen LogP contribution in [0.5, 0.6) is 0 Å². The number of hydrogen-bond donors (Lipinski definition) is 1. The monoisotopic (exact) mass is 338 g/mol. The summed E-state index contributed by atoms with van der Waals surface area (Å²) in [5, 5.41) is 2.98. The second-order valence-electron chi connectivity index (χ2n) is 7.23. The van der Waals surface area contributed by atoms with E-state index in [4.69, 9.17) is 0 Å². The summed E-state index contributed by atoms with van der Waals surface area (Å²) in [7, 11) is 0. The molecule has 1 heterocycles. The topological polar surface area (TPSA) is 32.3 Å². The van der Waals surface area contributed by atoms with E-state index in [9.17, 15) is 9.18 Å². The van der Waals surface area contributed by atoms with Gasteiger partial charge in [0.2, 0.25) is 0 Å². The van der Waals surface area contributed by atoms with Gasteiger partial charge in [-0.1, -0.05) is 36.4 Å². The van der Waals surface area contributed by atoms with Crippen molar-refractivity contribution in [1.29, 1.82) is 0 Å². The number of nitrogens with zero attached hydrogens (tertiary/aromatic N) is 1. The molecule has 1 amide bonds. The fraction of sp³-hybridized carbons (Fsp3) is 0.381. The minimum Gasteiger partial charge on any atom is -0.351 e. The largest absolute Gasteiger partial charge is 0.351 e. The molecule has 3 nitrogen and oxygen atoms in total. The van der Waals surface area contributed by atoms with Crippen LogP contribution in [0.4, 0.5) is 4.39 Å². The lowest BCUT2D eigenvalue weighted by atomic mass is 9.58. The number of carbonyl (C=O) groups is 1. The van der Waals surface area contributed by atoms with Gasteiger partial charge in [0.05, 0.1) is 0 Å². The minimum absolute atomic E-state index is 0.0191. The molecule has 1 aliphatic heterocycles. The van der Waals surface area contributed by atoms with Crippen LogP contribution in [0.15, 0.2) is 54.6 Å². The van der Waals surface area contributed by atoms with Gasteiger partial charge in [-0.3, -0.25) is 4.79 Å². The number of nitrogens with one attached hydrogen (secondary N) is 1. The number of benzene rings is 2. The summed E-state index contributed by atoms with van der Waals surface area (Å²) in [6.07, 6.45) is 2.23. The first kappa shape index (κ1) is 16.3. The van der Waals surface area contributed by atoms with E-state index >= 15 is 0 Å². The van der Waals surface area contributed by atoms with Gasteiger partial charge in [0.15, 0.2) is 0 Å². The number of carbonyl (C=O) groups excluding carboxylic acids is 1. The minimum atomic E-state index is -0.0774. The van der Waals surface area contributed by atoms with Crippen LogP contribution in [0.3, 0.4) is 0 Å². The Morgan fingerprint density at radius 2 is 1.92 bits per heavy atom. The van der Waals surface area contributed by atoms with E-state index in [-0.39, 0.29) is 17.1 Å². The molecule has 2 aromatic rings. The lowest BCUT2D eigenvalue weighted by Gasteiger charge is -2.44. The maximum absolute atomic E-state index is 14.3. The summed E-state index contributed by atoms with van der Waals surface area (Å²) in [5.41, 5.74) is 1.54. The molecule has 2 aromatic carbocycles. The second kappa shape index (κ2) is 6.60. The van der Waals surface area contributed by atoms with E-state index in [1.165, 1.54) is 6.42 Å². The van der Waals surface area contributed by atoms with Crippen molar-refractivity contribution < 1.29 is 9.18 Å². The molecule has 0 spiro atoms. The molecule has 1 saturated heterocycles. The van der Waals surface area contributed by atoms with Gasteiger partial charge < -0.3 is 10.2 Å². The molecule has 2 atom stereocenters. The third-order valence-corrected chi connectivity index (χ3v) is 5.86. The van der Waals surface area contributed by atoms with E-state index in [0.717, 1.165) is 31.6 Å². The van der Waals surface area contributed by atoms with Crippen molar-refractivity contribution >= 4 is 5.91 Å². The predicted octanol–water partition coefficient (Wildman–Crippen LogP) is 3.22. The van der Waals surface area contributed by atoms with Crippen molar-refractivity contribution in [2.24, 2.45) is 5.92 Å². The first-order chi connectivity index (χ1) is 12.2. The van der Waals surface area contributed by atoms with Crippen LogP contribution < -0.4 is 5.32 Å². The fourth-order valence-electron chi connectivity index (χ4n) is 4.44. The van der Waals surface area contributed by atoms with Crippen molar-refractivity contribution in [3.63, 3.8) is 0 Å². The maximum atomic E-state index is 14.3. The average molecular weight is 338 g/mol. The zero-order valence-electron chi connectivity index (χ0n) is 14.2. The van der Waals surface area contributed by atoms with Gasteiger partial charge in [-0.05, 0) is 42.5 Å². The molecule has 1 N–H and O–H groups in total. The number of likely N-dealkylation sites (tertiary alicyclic amines) is 1. The van der Waals surface area contributed by atoms with Gasteiger partial charge in [-0.15, -0.1) is 0 Å². The SMILES string of the molecule is O=C(NCCN1CC2CCC2(c2ccccc2F)C1)c1ccccc1. The number of rotatable bonds is 5. The number of amides is 1. The molecule has 0 radical (unpaired) electrons. The Labute approximate surface area is 147 Å². The molecule has 4 rings (SSSR count). The quantitative estimate of drug-likeness (QED) is 0.908. The summed E-state index contributed by atoms with van der Waals surface area (Å²) >= 11 is 0. The molecule has 130 valence electrons. The highest BCUT2D eigenvalue weighted by Crippen LogP contribution is 2.53. The average Bonchev–Trinajstić information content (AvgIpc) is 2.87. The molecule has 1 saturated carbocycles. The van der Waals surface area contributed by atoms with Crippen molar-refractivity contribution in [2.45, 2.75) is 18.3 Å². The highest BCUT2D eigenvalue weighted by atomic mass is 19.1. The zero-order valence-corrected chi connectivity index (χ0v) is 14.2. The molecule has 0 aromatic heterocycles. The number of halogens is 1. The molecule has 2 fully saturated rings. The van der Waals surface area contributed by atoms with E-state index < -0.39 is 0 Å². The Morgan fingerprint density at radius 3 is 2.64 bits per heavy atom. The molecule has 1 aliphatic carbocycles. The number of fused-ring (bicyclic) bond motifs is 1. The van der Waals surface area contributed by atoms with Gasteiger partial charge in [0, 0.05) is 37.2 Å². The van der Waals surface area contributed by atoms with Gasteiger partial charge in [0.1, 0.15) is 5.82 Å². The lowest BCUT2D eigenvalue weighted by molar-refractivity contribution is 0.0949. The summed E-state index contributed by atoms with van der Waals surface area (Å²) in [6.45, 7) is 3.31. The van der Waals surface area contributed by atoms with Crippen LogP contribution in [0.1, 0.15) is 28.8 Å². The van der Waals surface area contributed by atoms with E-state index in [2.05, 4.69) is 10.2 Å². The second-order valence-corrected chi connectivity index (χ2v) is 7.23. The highest BCUT2D eigenvalue weighted by molar-refractivity contribution is 5.94. The highest BCUT2D eigenvalue weighted by Gasteiger charge is 2.54. The van der Waals surface area contributed by atoms with E-state index in [0.29, 0.717) is 18.0 Å². The number of hydrogen-bond acceptors (Lipinski definition) is 2. The van der Waals surface area contributed by atoms with Crippen molar-refractivity contribution in [3.8, 4) is 0 Å². The van der Waals surface area contributed by atoms with Crippen LogP contribution in [0.2, 0.25) is 0 Å². The van der Waals surface area contributed by atoms with E-state index in [1.807, 2.05) is 42.5 Å². The molecule has 2 unspecified atom stereocenters. The van der Waals surface area contributed by atoms with Gasteiger partial charge in [-0.2, -0.15) is 0 Å². The summed E-state index contributed by atoms with van der Waals surface area (Å²) in [4.78, 5) is 14.5. The van der Waals surface area contributed by atoms with Crippen LogP contribution in [0, 0.1) is 11.7 Å². The first-order valence-corrected chi connectivity index (χ1v) is 9.00. The lowest BCUT2D eigenvalue weighted by Crippen LogP contribution is -2.44. The normalized spacial score (nSPS) is 25.2. The smallest absolute Gasteiger partial charge is 0.251 e. The van der Waals surface area contributed by atoms with Gasteiger partial charge in [-0.25, -0.2) is 4.39 Å². The van der Waals surface area contributed by atoms with Gasteiger partial charge >= 0.3 is 0 Å². The molecule has 0 bridgehead atoms. The molecule has 2 aliphatic rings. The van der Waals surface area contributed by atoms with Crippen LogP contribution in [-0.4, -0.2) is 37.0 Å². The van der Waals surface area contributed by atoms with Crippen molar-refractivity contribution in [3.05, 3.63) is 71.5 Å². The third-order valence-electron chi connectivity index (χ3n) is 5.86. The zero-order chi connectivity index (χ0) is 17.3. The van der Waals surface area contributed by atoms with Crippen LogP contribution >= 0.6 is 0 Å².